The first kappa shape index (κ1) is 14.3. The molecule has 7 nitrogen and oxygen atoms in total. The van der Waals surface area contributed by atoms with Crippen molar-refractivity contribution >= 4 is 17.4 Å². The van der Waals surface area contributed by atoms with Crippen molar-refractivity contribution in [1.82, 2.24) is 0 Å². The molecule has 0 N–H and O–H groups in total. The number of benzene rings is 1. The molecular formula is C9H4F3N3O4. The quantitative estimate of drug-likeness (QED) is 0.159. The van der Waals surface area contributed by atoms with E-state index >= 15 is 0 Å². The molecule has 0 fully saturated rings. The average molecular weight is 275 g/mol. The van der Waals surface area contributed by atoms with Crippen molar-refractivity contribution in [2.24, 2.45) is 0 Å². The number of alkyl halides is 3. The zero-order chi connectivity index (χ0) is 14.6. The van der Waals surface area contributed by atoms with E-state index in [0.717, 1.165) is 12.1 Å². The summed E-state index contributed by atoms with van der Waals surface area (Å²) < 4.78 is 40.8. The highest BCUT2D eigenvalue weighted by molar-refractivity contribution is 6.36. The third-order valence-corrected chi connectivity index (χ3v) is 1.83. The van der Waals surface area contributed by atoms with Gasteiger partial charge in [-0.25, -0.2) is 4.79 Å². The molecule has 0 bridgehead atoms. The Hall–Kier alpha value is -2.74. The highest BCUT2D eigenvalue weighted by Crippen LogP contribution is 2.27. The van der Waals surface area contributed by atoms with Crippen LogP contribution in [-0.2, 0) is 4.79 Å². The Morgan fingerprint density at radius 3 is 2.42 bits per heavy atom. The van der Waals surface area contributed by atoms with E-state index in [1.807, 2.05) is 0 Å². The Balaban J connectivity index is 3.08. The molecule has 0 saturated heterocycles. The van der Waals surface area contributed by atoms with Crippen molar-refractivity contribution in [2.75, 3.05) is 0 Å². The summed E-state index contributed by atoms with van der Waals surface area (Å²) in [6.07, 6.45) is -5.24. The van der Waals surface area contributed by atoms with Crippen molar-refractivity contribution in [3.8, 4) is 5.75 Å². The molecule has 0 heterocycles. The monoisotopic (exact) mass is 275 g/mol. The molecule has 0 aliphatic carbocycles. The molecule has 0 atom stereocenters. The van der Waals surface area contributed by atoms with Crippen LogP contribution in [0, 0.1) is 10.1 Å². The van der Waals surface area contributed by atoms with Crippen LogP contribution >= 0.6 is 0 Å². The van der Waals surface area contributed by atoms with E-state index in [4.69, 9.17) is 5.53 Å². The number of esters is 1. The SMILES string of the molecule is [N-]=[N+]=C(C(=O)Oc1ccccc1[N+](=O)[O-])C(F)(F)F. The summed E-state index contributed by atoms with van der Waals surface area (Å²) in [6.45, 7) is 0. The second-order valence-corrected chi connectivity index (χ2v) is 3.06. The number of halogens is 3. The molecule has 0 aliphatic heterocycles. The van der Waals surface area contributed by atoms with Gasteiger partial charge in [0.15, 0.2) is 0 Å². The normalized spacial score (nSPS) is 10.5. The number of carbonyl (C=O) groups excluding carboxylic acids is 1. The lowest BCUT2D eigenvalue weighted by molar-refractivity contribution is -0.385. The molecule has 0 radical (unpaired) electrons. The second kappa shape index (κ2) is 5.27. The van der Waals surface area contributed by atoms with Crippen LogP contribution in [0.3, 0.4) is 0 Å². The van der Waals surface area contributed by atoms with E-state index in [9.17, 15) is 28.1 Å². The largest absolute Gasteiger partial charge is 0.503 e. The summed E-state index contributed by atoms with van der Waals surface area (Å²) in [6, 6.07) is 4.33. The molecule has 19 heavy (non-hydrogen) atoms. The number of para-hydroxylation sites is 2. The molecule has 0 saturated carbocycles. The minimum Gasteiger partial charge on any atom is -0.410 e. The number of hydrogen-bond acceptors (Lipinski definition) is 4. The molecule has 0 aliphatic rings. The first-order valence-corrected chi connectivity index (χ1v) is 4.52. The maximum absolute atomic E-state index is 12.2. The van der Waals surface area contributed by atoms with Gasteiger partial charge in [-0.1, -0.05) is 12.1 Å². The van der Waals surface area contributed by atoms with E-state index in [-0.39, 0.29) is 0 Å². The van der Waals surface area contributed by atoms with Gasteiger partial charge in [-0.15, -0.1) is 0 Å². The summed E-state index contributed by atoms with van der Waals surface area (Å²) in [5.74, 6) is -2.74. The predicted molar refractivity (Wildman–Crippen MR) is 53.4 cm³/mol. The van der Waals surface area contributed by atoms with E-state index in [1.165, 1.54) is 12.1 Å². The fourth-order valence-corrected chi connectivity index (χ4v) is 1.06. The van der Waals surface area contributed by atoms with Crippen LogP contribution in [0.25, 0.3) is 5.53 Å². The zero-order valence-electron chi connectivity index (χ0n) is 8.92. The van der Waals surface area contributed by atoms with E-state index in [2.05, 4.69) is 4.74 Å². The molecule has 0 aromatic heterocycles. The molecular weight excluding hydrogens is 271 g/mol. The number of nitrogens with zero attached hydrogens (tertiary/aromatic N) is 3. The summed E-state index contributed by atoms with van der Waals surface area (Å²) in [5.41, 5.74) is 5.21. The van der Waals surface area contributed by atoms with Crippen molar-refractivity contribution in [3.05, 3.63) is 39.9 Å². The predicted octanol–water partition coefficient (Wildman–Crippen LogP) is 1.73. The van der Waals surface area contributed by atoms with Crippen LogP contribution in [0.2, 0.25) is 0 Å². The number of nitro groups is 1. The second-order valence-electron chi connectivity index (χ2n) is 3.06. The number of carbonyl (C=O) groups is 1. The lowest BCUT2D eigenvalue weighted by Gasteiger charge is -2.03. The van der Waals surface area contributed by atoms with Crippen LogP contribution in [0.1, 0.15) is 0 Å². The summed E-state index contributed by atoms with van der Waals surface area (Å²) in [7, 11) is 0. The van der Waals surface area contributed by atoms with Gasteiger partial charge in [0.05, 0.1) is 4.92 Å². The molecule has 0 amide bonds. The Morgan fingerprint density at radius 2 is 1.95 bits per heavy atom. The van der Waals surface area contributed by atoms with Gasteiger partial charge in [-0.2, -0.15) is 18.0 Å². The van der Waals surface area contributed by atoms with Crippen LogP contribution < -0.4 is 4.74 Å². The van der Waals surface area contributed by atoms with Crippen molar-refractivity contribution in [2.45, 2.75) is 6.18 Å². The smallest absolute Gasteiger partial charge is 0.410 e. The Kier molecular flexibility index (Phi) is 3.97. The van der Waals surface area contributed by atoms with Crippen LogP contribution in [0.5, 0.6) is 5.75 Å². The fraction of sp³-hybridized carbons (Fsp3) is 0.111. The lowest BCUT2D eigenvalue weighted by Crippen LogP contribution is -2.35. The molecule has 10 heteroatoms. The molecule has 0 spiro atoms. The average Bonchev–Trinajstić information content (AvgIpc) is 2.28. The Bertz CT molecular complexity index is 578. The van der Waals surface area contributed by atoms with Gasteiger partial charge in [0.1, 0.15) is 0 Å². The van der Waals surface area contributed by atoms with E-state index in [1.54, 1.807) is 4.79 Å². The molecule has 1 aromatic rings. The minimum atomic E-state index is -5.24. The van der Waals surface area contributed by atoms with Gasteiger partial charge in [-0.05, 0) is 6.07 Å². The van der Waals surface area contributed by atoms with Crippen molar-refractivity contribution in [1.29, 1.82) is 0 Å². The summed E-state index contributed by atoms with van der Waals surface area (Å²) in [4.78, 5) is 22.5. The van der Waals surface area contributed by atoms with Gasteiger partial charge in [0.25, 0.3) is 0 Å². The topological polar surface area (TPSA) is 106 Å². The number of hydrogen-bond donors (Lipinski definition) is 0. The number of nitro benzene ring substituents is 1. The number of ether oxygens (including phenoxy) is 1. The highest BCUT2D eigenvalue weighted by Gasteiger charge is 2.51. The van der Waals surface area contributed by atoms with Gasteiger partial charge in [0.2, 0.25) is 5.75 Å². The fourth-order valence-electron chi connectivity index (χ4n) is 1.06. The third-order valence-electron chi connectivity index (χ3n) is 1.83. The standard InChI is InChI=1S/C9H4F3N3O4/c10-9(11,12)7(14-13)8(16)19-6-4-2-1-3-5(6)15(17)18/h1-4H. The maximum atomic E-state index is 12.2. The first-order chi connectivity index (χ1) is 8.77. The van der Waals surface area contributed by atoms with Crippen LogP contribution in [-0.4, -0.2) is 27.6 Å². The molecule has 100 valence electrons. The van der Waals surface area contributed by atoms with Crippen molar-refractivity contribution in [3.63, 3.8) is 0 Å². The zero-order valence-corrected chi connectivity index (χ0v) is 8.92. The summed E-state index contributed by atoms with van der Waals surface area (Å²) in [5, 5.41) is 10.6. The number of rotatable bonds is 3. The van der Waals surface area contributed by atoms with Gasteiger partial charge >= 0.3 is 23.5 Å². The van der Waals surface area contributed by atoms with Gasteiger partial charge in [-0.3, -0.25) is 10.1 Å². The third kappa shape index (κ3) is 3.36. The Labute approximate surface area is 103 Å². The lowest BCUT2D eigenvalue weighted by atomic mass is 10.3. The summed E-state index contributed by atoms with van der Waals surface area (Å²) >= 11 is 0. The highest BCUT2D eigenvalue weighted by atomic mass is 19.4. The van der Waals surface area contributed by atoms with Crippen LogP contribution in [0.15, 0.2) is 24.3 Å². The molecule has 1 rings (SSSR count). The van der Waals surface area contributed by atoms with Crippen LogP contribution in [0.4, 0.5) is 18.9 Å². The van der Waals surface area contributed by atoms with Gasteiger partial charge in [0, 0.05) is 6.07 Å². The van der Waals surface area contributed by atoms with E-state index < -0.39 is 34.2 Å². The van der Waals surface area contributed by atoms with Gasteiger partial charge < -0.3 is 10.3 Å². The first-order valence-electron chi connectivity index (χ1n) is 4.52. The van der Waals surface area contributed by atoms with Crippen molar-refractivity contribution < 1.29 is 32.4 Å². The molecule has 0 unspecified atom stereocenters. The molecule has 1 aromatic carbocycles. The minimum absolute atomic E-state index is 0.692. The Morgan fingerprint density at radius 1 is 1.37 bits per heavy atom. The van der Waals surface area contributed by atoms with E-state index in [0.29, 0.717) is 0 Å². The maximum Gasteiger partial charge on any atom is 0.503 e.